The topological polar surface area (TPSA) is 111 Å². The molecule has 160 valence electrons. The average Bonchev–Trinajstić information content (AvgIpc) is 2.67. The molecule has 0 aliphatic carbocycles. The number of unbranched alkanes of at least 4 members (excludes halogenated alkanes) is 4. The Kier molecular flexibility index (Phi) is 9.83. The molecule has 0 saturated carbocycles. The summed E-state index contributed by atoms with van der Waals surface area (Å²) in [6.45, 7) is 1.23. The second-order valence-corrected chi connectivity index (χ2v) is 10.4. The molecule has 0 atom stereocenters. The number of rotatable bonds is 14. The summed E-state index contributed by atoms with van der Waals surface area (Å²) in [5.74, 6) is 1.55. The van der Waals surface area contributed by atoms with Crippen LogP contribution in [0.1, 0.15) is 38.5 Å². The van der Waals surface area contributed by atoms with Crippen LogP contribution in [0.2, 0.25) is 12.1 Å². The Bertz CT molecular complexity index is 668. The zero-order chi connectivity index (χ0) is 21.0. The van der Waals surface area contributed by atoms with E-state index in [0.29, 0.717) is 36.7 Å². The van der Waals surface area contributed by atoms with Crippen LogP contribution in [0.5, 0.6) is 11.5 Å². The third-order valence-electron chi connectivity index (χ3n) is 4.70. The summed E-state index contributed by atoms with van der Waals surface area (Å²) < 4.78 is 11.3. The Morgan fingerprint density at radius 2 is 1.10 bits per heavy atom. The minimum atomic E-state index is -3.08. The molecular formula is C22H34N2O4Si. The van der Waals surface area contributed by atoms with E-state index in [2.05, 4.69) is 0 Å². The van der Waals surface area contributed by atoms with Crippen molar-refractivity contribution in [2.45, 2.75) is 50.6 Å². The van der Waals surface area contributed by atoms with Gasteiger partial charge in [-0.1, -0.05) is 37.8 Å². The van der Waals surface area contributed by atoms with Gasteiger partial charge in [0.2, 0.25) is 0 Å². The monoisotopic (exact) mass is 418 g/mol. The first-order valence-corrected chi connectivity index (χ1v) is 12.7. The highest BCUT2D eigenvalue weighted by Gasteiger charge is 2.27. The summed E-state index contributed by atoms with van der Waals surface area (Å²) in [5.41, 5.74) is 12.8. The minimum absolute atomic E-state index is 0.519. The predicted molar refractivity (Wildman–Crippen MR) is 120 cm³/mol. The van der Waals surface area contributed by atoms with Crippen molar-refractivity contribution in [2.75, 3.05) is 24.7 Å². The van der Waals surface area contributed by atoms with Gasteiger partial charge >= 0.3 is 8.56 Å². The maximum atomic E-state index is 10.2. The van der Waals surface area contributed by atoms with Gasteiger partial charge in [-0.15, -0.1) is 0 Å². The summed E-state index contributed by atoms with van der Waals surface area (Å²) in [5, 5.41) is 0. The van der Waals surface area contributed by atoms with Crippen LogP contribution in [0, 0.1) is 0 Å². The van der Waals surface area contributed by atoms with Gasteiger partial charge in [0.05, 0.1) is 13.2 Å². The van der Waals surface area contributed by atoms with Crippen LogP contribution in [-0.4, -0.2) is 31.4 Å². The van der Waals surface area contributed by atoms with Crippen molar-refractivity contribution in [1.82, 2.24) is 0 Å². The van der Waals surface area contributed by atoms with Crippen molar-refractivity contribution in [3.05, 3.63) is 48.5 Å². The van der Waals surface area contributed by atoms with Crippen molar-refractivity contribution < 1.29 is 19.1 Å². The van der Waals surface area contributed by atoms with Crippen LogP contribution in [0.3, 0.4) is 0 Å². The fraction of sp³-hybridized carbons (Fsp3) is 0.455. The highest BCUT2D eigenvalue weighted by Crippen LogP contribution is 2.19. The SMILES string of the molecule is Nc1cccc(OCCCCC[Si](O)(O)CCCCCOc2cccc(N)c2)c1. The first-order chi connectivity index (χ1) is 13.9. The molecule has 6 N–H and O–H groups in total. The zero-order valence-electron chi connectivity index (χ0n) is 17.1. The number of nitrogens with two attached hydrogens (primary N) is 2. The van der Waals surface area contributed by atoms with Crippen molar-refractivity contribution in [2.24, 2.45) is 0 Å². The summed E-state index contributed by atoms with van der Waals surface area (Å²) in [6.07, 6.45) is 5.26. The highest BCUT2D eigenvalue weighted by atomic mass is 28.4. The average molecular weight is 419 g/mol. The van der Waals surface area contributed by atoms with E-state index in [1.807, 2.05) is 36.4 Å². The second-order valence-electron chi connectivity index (χ2n) is 7.45. The van der Waals surface area contributed by atoms with Crippen LogP contribution < -0.4 is 20.9 Å². The molecule has 0 bridgehead atoms. The number of benzene rings is 2. The van der Waals surface area contributed by atoms with E-state index in [4.69, 9.17) is 20.9 Å². The van der Waals surface area contributed by atoms with Gasteiger partial charge in [0.1, 0.15) is 11.5 Å². The lowest BCUT2D eigenvalue weighted by Gasteiger charge is -2.17. The van der Waals surface area contributed by atoms with E-state index in [0.717, 1.165) is 50.0 Å². The van der Waals surface area contributed by atoms with Gasteiger partial charge in [-0.25, -0.2) is 0 Å². The third-order valence-corrected chi connectivity index (χ3v) is 7.01. The molecule has 0 aliphatic rings. The largest absolute Gasteiger partial charge is 0.494 e. The molecule has 0 aliphatic heterocycles. The Balaban J connectivity index is 1.46. The van der Waals surface area contributed by atoms with Gasteiger partial charge in [-0.2, -0.15) is 0 Å². The van der Waals surface area contributed by atoms with Crippen molar-refractivity contribution in [3.8, 4) is 11.5 Å². The van der Waals surface area contributed by atoms with Crippen molar-refractivity contribution in [1.29, 1.82) is 0 Å². The van der Waals surface area contributed by atoms with Gasteiger partial charge in [-0.05, 0) is 49.2 Å². The Labute approximate surface area is 174 Å². The summed E-state index contributed by atoms with van der Waals surface area (Å²) in [6, 6.07) is 15.8. The first-order valence-electron chi connectivity index (χ1n) is 10.4. The molecule has 0 fully saturated rings. The molecule has 2 rings (SSSR count). The molecule has 0 amide bonds. The molecular weight excluding hydrogens is 384 g/mol. The molecule has 29 heavy (non-hydrogen) atoms. The number of hydrogen-bond acceptors (Lipinski definition) is 6. The van der Waals surface area contributed by atoms with E-state index < -0.39 is 8.56 Å². The van der Waals surface area contributed by atoms with E-state index in [9.17, 15) is 9.59 Å². The van der Waals surface area contributed by atoms with E-state index in [1.165, 1.54) is 0 Å². The molecule has 0 unspecified atom stereocenters. The zero-order valence-corrected chi connectivity index (χ0v) is 18.1. The minimum Gasteiger partial charge on any atom is -0.494 e. The molecule has 2 aromatic rings. The molecule has 2 aromatic carbocycles. The molecule has 0 spiro atoms. The van der Waals surface area contributed by atoms with Gasteiger partial charge in [0.25, 0.3) is 0 Å². The molecule has 6 nitrogen and oxygen atoms in total. The standard InChI is InChI=1S/C22H34N2O4Si/c23-19-9-7-11-21(17-19)27-13-3-1-5-15-29(25,26)16-6-2-4-14-28-22-12-8-10-20(24)18-22/h7-12,17-18,25-26H,1-6,13-16,23-24H2. The lowest BCUT2D eigenvalue weighted by atomic mass is 10.2. The normalized spacial score (nSPS) is 11.4. The van der Waals surface area contributed by atoms with Crippen LogP contribution in [0.15, 0.2) is 48.5 Å². The van der Waals surface area contributed by atoms with Gasteiger partial charge in [-0.3, -0.25) is 0 Å². The van der Waals surface area contributed by atoms with Crippen LogP contribution in [-0.2, 0) is 0 Å². The fourth-order valence-electron chi connectivity index (χ4n) is 3.09. The summed E-state index contributed by atoms with van der Waals surface area (Å²) in [7, 11) is -3.08. The Morgan fingerprint density at radius 1 is 0.655 bits per heavy atom. The highest BCUT2D eigenvalue weighted by molar-refractivity contribution is 6.64. The van der Waals surface area contributed by atoms with Gasteiger partial charge < -0.3 is 30.5 Å². The maximum Gasteiger partial charge on any atom is 0.332 e. The summed E-state index contributed by atoms with van der Waals surface area (Å²) >= 11 is 0. The Morgan fingerprint density at radius 3 is 1.52 bits per heavy atom. The number of ether oxygens (including phenoxy) is 2. The van der Waals surface area contributed by atoms with Crippen LogP contribution >= 0.6 is 0 Å². The van der Waals surface area contributed by atoms with Gasteiger partial charge in [0, 0.05) is 23.5 Å². The first kappa shape index (κ1) is 23.1. The van der Waals surface area contributed by atoms with Crippen molar-refractivity contribution >= 4 is 19.9 Å². The Hall–Kier alpha value is -2.22. The summed E-state index contributed by atoms with van der Waals surface area (Å²) in [4.78, 5) is 20.5. The molecule has 7 heteroatoms. The second kappa shape index (κ2) is 12.4. The molecule has 0 radical (unpaired) electrons. The van der Waals surface area contributed by atoms with E-state index in [1.54, 1.807) is 12.1 Å². The van der Waals surface area contributed by atoms with E-state index >= 15 is 0 Å². The predicted octanol–water partition coefficient (Wildman–Crippen LogP) is 4.08. The quantitative estimate of drug-likeness (QED) is 0.209. The number of nitrogen functional groups attached to an aromatic ring is 2. The van der Waals surface area contributed by atoms with E-state index in [-0.39, 0.29) is 0 Å². The molecule has 0 aromatic heterocycles. The maximum absolute atomic E-state index is 10.2. The van der Waals surface area contributed by atoms with Crippen LogP contribution in [0.4, 0.5) is 11.4 Å². The molecule has 0 heterocycles. The van der Waals surface area contributed by atoms with Crippen molar-refractivity contribution in [3.63, 3.8) is 0 Å². The van der Waals surface area contributed by atoms with Gasteiger partial charge in [0.15, 0.2) is 0 Å². The third kappa shape index (κ3) is 10.2. The molecule has 0 saturated heterocycles. The lowest BCUT2D eigenvalue weighted by molar-refractivity contribution is 0.301. The number of anilines is 2. The fourth-order valence-corrected chi connectivity index (χ4v) is 4.97. The lowest BCUT2D eigenvalue weighted by Crippen LogP contribution is -2.34. The van der Waals surface area contributed by atoms with Crippen LogP contribution in [0.25, 0.3) is 0 Å². The smallest absolute Gasteiger partial charge is 0.332 e. The number of hydrogen-bond donors (Lipinski definition) is 4.